The van der Waals surface area contributed by atoms with Gasteiger partial charge in [-0.2, -0.15) is 0 Å². The van der Waals surface area contributed by atoms with Crippen LogP contribution >= 0.6 is 0 Å². The molecule has 1 atom stereocenters. The third-order valence-corrected chi connectivity index (χ3v) is 5.25. The van der Waals surface area contributed by atoms with Crippen molar-refractivity contribution in [3.05, 3.63) is 73.1 Å². The Balaban J connectivity index is 1.65. The van der Waals surface area contributed by atoms with Gasteiger partial charge < -0.3 is 10.1 Å². The molecule has 1 heterocycles. The highest BCUT2D eigenvalue weighted by atomic mass is 32.2. The quantitative estimate of drug-likeness (QED) is 0.588. The summed E-state index contributed by atoms with van der Waals surface area (Å²) in [6.07, 6.45) is 2.68. The highest BCUT2D eigenvalue weighted by molar-refractivity contribution is 7.92. The zero-order valence-corrected chi connectivity index (χ0v) is 16.5. The molecule has 1 aromatic heterocycles. The van der Waals surface area contributed by atoms with Gasteiger partial charge in [-0.15, -0.1) is 0 Å². The number of para-hydroxylation sites is 1. The fourth-order valence-electron chi connectivity index (χ4n) is 2.46. The number of benzene rings is 2. The van der Waals surface area contributed by atoms with Gasteiger partial charge in [-0.3, -0.25) is 4.79 Å². The maximum Gasteiger partial charge on any atom is 0.265 e. The van der Waals surface area contributed by atoms with Crippen molar-refractivity contribution < 1.29 is 17.9 Å². The van der Waals surface area contributed by atoms with Crippen molar-refractivity contribution >= 4 is 27.6 Å². The second kappa shape index (κ2) is 9.16. The topological polar surface area (TPSA) is 110 Å². The van der Waals surface area contributed by atoms with Gasteiger partial charge in [-0.1, -0.05) is 25.1 Å². The van der Waals surface area contributed by atoms with Gasteiger partial charge in [0.25, 0.3) is 15.9 Å². The van der Waals surface area contributed by atoms with E-state index in [0.717, 1.165) is 0 Å². The van der Waals surface area contributed by atoms with Crippen LogP contribution in [0.3, 0.4) is 0 Å². The van der Waals surface area contributed by atoms with Crippen molar-refractivity contribution in [2.75, 3.05) is 10.0 Å². The summed E-state index contributed by atoms with van der Waals surface area (Å²) in [5, 5.41) is 2.74. The maximum atomic E-state index is 12.5. The number of carbonyl (C=O) groups excluding carboxylic acids is 1. The van der Waals surface area contributed by atoms with E-state index in [9.17, 15) is 13.2 Å². The van der Waals surface area contributed by atoms with Gasteiger partial charge >= 0.3 is 0 Å². The molecule has 0 aliphatic rings. The number of carbonyl (C=O) groups is 1. The summed E-state index contributed by atoms with van der Waals surface area (Å²) in [5.74, 6) is 0.265. The van der Waals surface area contributed by atoms with Crippen LogP contribution in [0.5, 0.6) is 5.75 Å². The van der Waals surface area contributed by atoms with E-state index in [1.165, 1.54) is 36.7 Å². The van der Waals surface area contributed by atoms with Crippen molar-refractivity contribution in [2.45, 2.75) is 24.3 Å². The van der Waals surface area contributed by atoms with E-state index < -0.39 is 16.1 Å². The minimum absolute atomic E-state index is 0.0197. The Kier molecular flexibility index (Phi) is 6.40. The number of aromatic nitrogens is 2. The SMILES string of the molecule is CC[C@@H](Oc1ccccc1)C(=O)Nc1ccc(S(=O)(=O)Nc2ncccn2)cc1. The molecule has 8 nitrogen and oxygen atoms in total. The number of nitrogens with one attached hydrogen (secondary N) is 2. The van der Waals surface area contributed by atoms with Gasteiger partial charge in [0.1, 0.15) is 5.75 Å². The monoisotopic (exact) mass is 412 g/mol. The molecule has 9 heteroatoms. The van der Waals surface area contributed by atoms with Crippen LogP contribution in [0.1, 0.15) is 13.3 Å². The maximum absolute atomic E-state index is 12.5. The number of anilines is 2. The molecule has 0 unspecified atom stereocenters. The lowest BCUT2D eigenvalue weighted by molar-refractivity contribution is -0.122. The summed E-state index contributed by atoms with van der Waals surface area (Å²) in [6.45, 7) is 1.85. The molecule has 150 valence electrons. The average molecular weight is 412 g/mol. The first kappa shape index (κ1) is 20.3. The minimum atomic E-state index is -3.83. The largest absolute Gasteiger partial charge is 0.481 e. The molecule has 3 rings (SSSR count). The highest BCUT2D eigenvalue weighted by Gasteiger charge is 2.19. The van der Waals surface area contributed by atoms with E-state index >= 15 is 0 Å². The van der Waals surface area contributed by atoms with Crippen molar-refractivity contribution in [2.24, 2.45) is 0 Å². The normalized spacial score (nSPS) is 12.0. The fourth-order valence-corrected chi connectivity index (χ4v) is 3.41. The van der Waals surface area contributed by atoms with Gasteiger partial charge in [0.15, 0.2) is 6.10 Å². The first-order valence-electron chi connectivity index (χ1n) is 8.90. The predicted molar refractivity (Wildman–Crippen MR) is 109 cm³/mol. The number of hydrogen-bond acceptors (Lipinski definition) is 6. The molecule has 2 aromatic carbocycles. The minimum Gasteiger partial charge on any atom is -0.481 e. The van der Waals surface area contributed by atoms with Crippen LogP contribution < -0.4 is 14.8 Å². The summed E-state index contributed by atoms with van der Waals surface area (Å²) >= 11 is 0. The first-order valence-corrected chi connectivity index (χ1v) is 10.4. The Morgan fingerprint density at radius 3 is 2.28 bits per heavy atom. The van der Waals surface area contributed by atoms with E-state index in [-0.39, 0.29) is 16.8 Å². The zero-order chi connectivity index (χ0) is 20.7. The average Bonchev–Trinajstić information content (AvgIpc) is 2.73. The van der Waals surface area contributed by atoms with Gasteiger partial charge in [-0.25, -0.2) is 23.1 Å². The molecular weight excluding hydrogens is 392 g/mol. The number of ether oxygens (including phenoxy) is 1. The van der Waals surface area contributed by atoms with Gasteiger partial charge in [0.05, 0.1) is 4.90 Å². The predicted octanol–water partition coefficient (Wildman–Crippen LogP) is 3.07. The lowest BCUT2D eigenvalue weighted by Gasteiger charge is -2.17. The van der Waals surface area contributed by atoms with E-state index in [4.69, 9.17) is 4.74 Å². The Morgan fingerprint density at radius 2 is 1.66 bits per heavy atom. The third-order valence-electron chi connectivity index (χ3n) is 3.91. The van der Waals surface area contributed by atoms with Gasteiger partial charge in [0.2, 0.25) is 5.95 Å². The second-order valence-electron chi connectivity index (χ2n) is 6.02. The second-order valence-corrected chi connectivity index (χ2v) is 7.70. The molecule has 0 saturated carbocycles. The van der Waals surface area contributed by atoms with Crippen molar-refractivity contribution in [1.82, 2.24) is 9.97 Å². The van der Waals surface area contributed by atoms with Crippen LogP contribution in [0, 0.1) is 0 Å². The molecule has 3 aromatic rings. The van der Waals surface area contributed by atoms with Crippen LogP contribution in [0.4, 0.5) is 11.6 Å². The molecule has 0 aliphatic carbocycles. The molecule has 0 radical (unpaired) electrons. The molecule has 0 bridgehead atoms. The van der Waals surface area contributed by atoms with E-state index in [1.54, 1.807) is 18.2 Å². The Hall–Kier alpha value is -3.46. The summed E-state index contributed by atoms with van der Waals surface area (Å²) in [5.41, 5.74) is 0.458. The van der Waals surface area contributed by atoms with Crippen LogP contribution in [0.25, 0.3) is 0 Å². The summed E-state index contributed by atoms with van der Waals surface area (Å²) in [4.78, 5) is 20.2. The van der Waals surface area contributed by atoms with E-state index in [0.29, 0.717) is 17.9 Å². The molecule has 0 fully saturated rings. The number of rotatable bonds is 8. The number of amides is 1. The molecule has 2 N–H and O–H groups in total. The summed E-state index contributed by atoms with van der Waals surface area (Å²) in [7, 11) is -3.83. The molecule has 0 aliphatic heterocycles. The van der Waals surface area contributed by atoms with Crippen LogP contribution in [-0.2, 0) is 14.8 Å². The third kappa shape index (κ3) is 5.52. The molecule has 29 heavy (non-hydrogen) atoms. The number of nitrogens with zero attached hydrogens (tertiary/aromatic N) is 2. The Labute approximate surface area is 169 Å². The molecule has 0 saturated heterocycles. The molecular formula is C20H20N4O4S. The van der Waals surface area contributed by atoms with E-state index in [2.05, 4.69) is 20.0 Å². The smallest absolute Gasteiger partial charge is 0.265 e. The molecule has 0 spiro atoms. The van der Waals surface area contributed by atoms with Crippen molar-refractivity contribution in [1.29, 1.82) is 0 Å². The van der Waals surface area contributed by atoms with Gasteiger partial charge in [-0.05, 0) is 48.9 Å². The van der Waals surface area contributed by atoms with Crippen molar-refractivity contribution in [3.63, 3.8) is 0 Å². The molecule has 1 amide bonds. The fraction of sp³-hybridized carbons (Fsp3) is 0.150. The first-order chi connectivity index (χ1) is 14.0. The van der Waals surface area contributed by atoms with Crippen molar-refractivity contribution in [3.8, 4) is 5.75 Å². The van der Waals surface area contributed by atoms with Gasteiger partial charge in [0, 0.05) is 18.1 Å². The summed E-state index contributed by atoms with van der Waals surface area (Å²) in [6, 6.07) is 16.4. The lowest BCUT2D eigenvalue weighted by Crippen LogP contribution is -2.32. The zero-order valence-electron chi connectivity index (χ0n) is 15.6. The van der Waals surface area contributed by atoms with Crippen LogP contribution in [0.2, 0.25) is 0 Å². The lowest BCUT2D eigenvalue weighted by atomic mass is 10.2. The summed E-state index contributed by atoms with van der Waals surface area (Å²) < 4.78 is 32.8. The van der Waals surface area contributed by atoms with Crippen LogP contribution in [-0.4, -0.2) is 30.4 Å². The standard InChI is InChI=1S/C20H20N4O4S/c1-2-18(28-16-7-4-3-5-8-16)19(25)23-15-9-11-17(12-10-15)29(26,27)24-20-21-13-6-14-22-20/h3-14,18H,2H2,1H3,(H,23,25)(H,21,22,24)/t18-/m1/s1. The number of hydrogen-bond donors (Lipinski definition) is 2. The highest BCUT2D eigenvalue weighted by Crippen LogP contribution is 2.18. The van der Waals surface area contributed by atoms with E-state index in [1.807, 2.05) is 25.1 Å². The Morgan fingerprint density at radius 1 is 1.00 bits per heavy atom. The van der Waals surface area contributed by atoms with Crippen LogP contribution in [0.15, 0.2) is 78.0 Å². The number of sulfonamides is 1. The Bertz CT molecular complexity index is 1040.